The number of para-hydroxylation sites is 1. The van der Waals surface area contributed by atoms with Crippen molar-refractivity contribution in [3.05, 3.63) is 46.2 Å². The molecule has 1 aromatic heterocycles. The molecule has 0 saturated carbocycles. The van der Waals surface area contributed by atoms with Crippen LogP contribution in [0.2, 0.25) is 0 Å². The molecule has 1 heterocycles. The first-order chi connectivity index (χ1) is 9.63. The summed E-state index contributed by atoms with van der Waals surface area (Å²) < 4.78 is 5.57. The molecular formula is C15H18N2O2S. The summed E-state index contributed by atoms with van der Waals surface area (Å²) in [6, 6.07) is 9.49. The third-order valence-corrected chi connectivity index (χ3v) is 3.83. The molecule has 1 amide bonds. The number of nitrogen functional groups attached to an aromatic ring is 1. The lowest BCUT2D eigenvalue weighted by atomic mass is 10.2. The van der Waals surface area contributed by atoms with Crippen LogP contribution in [-0.4, -0.2) is 24.5 Å². The van der Waals surface area contributed by atoms with Crippen LogP contribution in [0.3, 0.4) is 0 Å². The van der Waals surface area contributed by atoms with Crippen LogP contribution in [0.25, 0.3) is 0 Å². The quantitative estimate of drug-likeness (QED) is 0.921. The molecule has 2 N–H and O–H groups in total. The lowest BCUT2D eigenvalue weighted by molar-refractivity contribution is 0.0789. The molecule has 0 aliphatic carbocycles. The number of nitrogens with two attached hydrogens (primary N) is 1. The Morgan fingerprint density at radius 2 is 2.10 bits per heavy atom. The smallest absolute Gasteiger partial charge is 0.266 e. The third-order valence-electron chi connectivity index (χ3n) is 2.92. The summed E-state index contributed by atoms with van der Waals surface area (Å²) in [5, 5.41) is 1.82. The highest BCUT2D eigenvalue weighted by atomic mass is 32.1. The number of thiophene rings is 1. The average Bonchev–Trinajstić information content (AvgIpc) is 2.86. The van der Waals surface area contributed by atoms with Crippen molar-refractivity contribution in [2.75, 3.05) is 19.4 Å². The highest BCUT2D eigenvalue weighted by molar-refractivity contribution is 7.12. The lowest BCUT2D eigenvalue weighted by Gasteiger charge is -2.19. The summed E-state index contributed by atoms with van der Waals surface area (Å²) >= 11 is 1.36. The fourth-order valence-electron chi connectivity index (χ4n) is 1.92. The number of benzene rings is 1. The van der Waals surface area contributed by atoms with E-state index in [1.54, 1.807) is 18.0 Å². The Hall–Kier alpha value is -2.01. The Bertz CT molecular complexity index is 595. The number of amides is 1. The average molecular weight is 290 g/mol. The molecule has 0 saturated heterocycles. The largest absolute Gasteiger partial charge is 0.494 e. The van der Waals surface area contributed by atoms with Gasteiger partial charge in [-0.05, 0) is 24.4 Å². The van der Waals surface area contributed by atoms with Crippen molar-refractivity contribution in [1.82, 2.24) is 4.90 Å². The van der Waals surface area contributed by atoms with Gasteiger partial charge in [-0.15, -0.1) is 11.3 Å². The molecule has 0 aliphatic heterocycles. The van der Waals surface area contributed by atoms with Crippen molar-refractivity contribution in [2.45, 2.75) is 13.5 Å². The molecule has 2 aromatic rings. The van der Waals surface area contributed by atoms with Crippen molar-refractivity contribution >= 4 is 22.9 Å². The van der Waals surface area contributed by atoms with E-state index in [1.165, 1.54) is 11.3 Å². The second-order valence-corrected chi connectivity index (χ2v) is 5.32. The lowest BCUT2D eigenvalue weighted by Crippen LogP contribution is -2.26. The Morgan fingerprint density at radius 3 is 2.75 bits per heavy atom. The van der Waals surface area contributed by atoms with Crippen LogP contribution in [0.1, 0.15) is 22.2 Å². The normalized spacial score (nSPS) is 10.3. The van der Waals surface area contributed by atoms with Crippen LogP contribution >= 0.6 is 11.3 Å². The van der Waals surface area contributed by atoms with E-state index in [0.717, 1.165) is 11.3 Å². The number of hydrogen-bond donors (Lipinski definition) is 1. The molecule has 0 fully saturated rings. The van der Waals surface area contributed by atoms with Crippen LogP contribution in [0.4, 0.5) is 5.69 Å². The number of carbonyl (C=O) groups is 1. The molecule has 0 atom stereocenters. The van der Waals surface area contributed by atoms with E-state index in [4.69, 9.17) is 10.5 Å². The van der Waals surface area contributed by atoms with Gasteiger partial charge in [0.15, 0.2) is 0 Å². The van der Waals surface area contributed by atoms with Crippen molar-refractivity contribution in [3.8, 4) is 5.75 Å². The van der Waals surface area contributed by atoms with E-state index in [-0.39, 0.29) is 5.91 Å². The number of rotatable bonds is 5. The van der Waals surface area contributed by atoms with Crippen molar-refractivity contribution < 1.29 is 9.53 Å². The zero-order chi connectivity index (χ0) is 14.5. The van der Waals surface area contributed by atoms with E-state index in [2.05, 4.69) is 0 Å². The number of ether oxygens (including phenoxy) is 1. The molecule has 4 nitrogen and oxygen atoms in total. The number of hydrogen-bond acceptors (Lipinski definition) is 4. The minimum atomic E-state index is -0.0659. The molecule has 0 unspecified atom stereocenters. The molecule has 20 heavy (non-hydrogen) atoms. The minimum Gasteiger partial charge on any atom is -0.494 e. The van der Waals surface area contributed by atoms with E-state index < -0.39 is 0 Å². The third kappa shape index (κ3) is 3.11. The topological polar surface area (TPSA) is 55.6 Å². The van der Waals surface area contributed by atoms with Crippen molar-refractivity contribution in [3.63, 3.8) is 0 Å². The Morgan fingerprint density at radius 1 is 1.35 bits per heavy atom. The maximum Gasteiger partial charge on any atom is 0.266 e. The maximum atomic E-state index is 12.3. The summed E-state index contributed by atoms with van der Waals surface area (Å²) in [6.45, 7) is 3.04. The van der Waals surface area contributed by atoms with Crippen LogP contribution in [0.15, 0.2) is 35.7 Å². The van der Waals surface area contributed by atoms with E-state index in [1.807, 2.05) is 36.6 Å². The predicted octanol–water partition coefficient (Wildman–Crippen LogP) is 3.00. The van der Waals surface area contributed by atoms with Gasteiger partial charge in [-0.3, -0.25) is 4.79 Å². The predicted molar refractivity (Wildman–Crippen MR) is 82.1 cm³/mol. The van der Waals surface area contributed by atoms with Gasteiger partial charge >= 0.3 is 0 Å². The van der Waals surface area contributed by atoms with E-state index in [9.17, 15) is 4.79 Å². The van der Waals surface area contributed by atoms with Gasteiger partial charge in [-0.2, -0.15) is 0 Å². The molecule has 0 spiro atoms. The van der Waals surface area contributed by atoms with Crippen LogP contribution in [-0.2, 0) is 6.54 Å². The molecule has 106 valence electrons. The zero-order valence-electron chi connectivity index (χ0n) is 11.6. The summed E-state index contributed by atoms with van der Waals surface area (Å²) in [6.07, 6.45) is 0. The van der Waals surface area contributed by atoms with Gasteiger partial charge in [0.2, 0.25) is 0 Å². The SMILES string of the molecule is CCOc1ccccc1CN(C)C(=O)c1sccc1N. The van der Waals surface area contributed by atoms with Crippen LogP contribution in [0.5, 0.6) is 5.75 Å². The Labute approximate surface area is 122 Å². The summed E-state index contributed by atoms with van der Waals surface area (Å²) in [7, 11) is 1.77. The molecular weight excluding hydrogens is 272 g/mol. The first-order valence-electron chi connectivity index (χ1n) is 6.42. The monoisotopic (exact) mass is 290 g/mol. The zero-order valence-corrected chi connectivity index (χ0v) is 12.4. The molecule has 5 heteroatoms. The van der Waals surface area contributed by atoms with Gasteiger partial charge < -0.3 is 15.4 Å². The summed E-state index contributed by atoms with van der Waals surface area (Å²) in [4.78, 5) is 14.6. The first kappa shape index (κ1) is 14.4. The number of carbonyl (C=O) groups excluding carboxylic acids is 1. The number of anilines is 1. The summed E-state index contributed by atoms with van der Waals surface area (Å²) in [5.74, 6) is 0.748. The highest BCUT2D eigenvalue weighted by Crippen LogP contribution is 2.23. The maximum absolute atomic E-state index is 12.3. The highest BCUT2D eigenvalue weighted by Gasteiger charge is 2.17. The second-order valence-electron chi connectivity index (χ2n) is 4.41. The van der Waals surface area contributed by atoms with Gasteiger partial charge in [0.05, 0.1) is 12.3 Å². The first-order valence-corrected chi connectivity index (χ1v) is 7.30. The minimum absolute atomic E-state index is 0.0659. The van der Waals surface area contributed by atoms with Crippen LogP contribution in [0, 0.1) is 0 Å². The van der Waals surface area contributed by atoms with Crippen molar-refractivity contribution in [1.29, 1.82) is 0 Å². The van der Waals surface area contributed by atoms with Gasteiger partial charge in [0.25, 0.3) is 5.91 Å². The Kier molecular flexibility index (Phi) is 4.63. The molecule has 0 aliphatic rings. The molecule has 2 rings (SSSR count). The summed E-state index contributed by atoms with van der Waals surface area (Å²) in [5.41, 5.74) is 7.31. The van der Waals surface area contributed by atoms with Crippen molar-refractivity contribution in [2.24, 2.45) is 0 Å². The fraction of sp³-hybridized carbons (Fsp3) is 0.267. The van der Waals surface area contributed by atoms with Gasteiger partial charge in [0.1, 0.15) is 10.6 Å². The van der Waals surface area contributed by atoms with Gasteiger partial charge in [0, 0.05) is 19.2 Å². The second kappa shape index (κ2) is 6.43. The van der Waals surface area contributed by atoms with Gasteiger partial charge in [-0.1, -0.05) is 18.2 Å². The standard InChI is InChI=1S/C15H18N2O2S/c1-3-19-13-7-5-4-6-11(13)10-17(2)15(18)14-12(16)8-9-20-14/h4-9H,3,10,16H2,1-2H3. The molecule has 0 bridgehead atoms. The van der Waals surface area contributed by atoms with E-state index in [0.29, 0.717) is 23.7 Å². The van der Waals surface area contributed by atoms with Gasteiger partial charge in [-0.25, -0.2) is 0 Å². The molecule has 1 aromatic carbocycles. The van der Waals surface area contributed by atoms with Crippen LogP contribution < -0.4 is 10.5 Å². The van der Waals surface area contributed by atoms with E-state index >= 15 is 0 Å². The fourth-order valence-corrected chi connectivity index (χ4v) is 2.74. The Balaban J connectivity index is 2.14. The molecule has 0 radical (unpaired) electrons. The number of nitrogens with zero attached hydrogens (tertiary/aromatic N) is 1.